The number of rotatable bonds is 4. The Balaban J connectivity index is 2.31. The molecule has 5 nitrogen and oxygen atoms in total. The van der Waals surface area contributed by atoms with Crippen molar-refractivity contribution in [1.29, 1.82) is 0 Å². The van der Waals surface area contributed by atoms with Gasteiger partial charge in [0.25, 0.3) is 0 Å². The normalized spacial score (nSPS) is 12.7. The van der Waals surface area contributed by atoms with Gasteiger partial charge in [-0.3, -0.25) is 0 Å². The van der Waals surface area contributed by atoms with E-state index in [1.165, 1.54) is 0 Å². The van der Waals surface area contributed by atoms with Gasteiger partial charge >= 0.3 is 0 Å². The highest BCUT2D eigenvalue weighted by atomic mass is 16.5. The van der Waals surface area contributed by atoms with E-state index in [1.54, 1.807) is 6.20 Å². The Bertz CT molecular complexity index is 467. The van der Waals surface area contributed by atoms with Crippen LogP contribution >= 0.6 is 0 Å². The van der Waals surface area contributed by atoms with Gasteiger partial charge in [-0.15, -0.1) is 0 Å². The quantitative estimate of drug-likeness (QED) is 0.840. The average Bonchev–Trinajstić information content (AvgIpc) is 2.81. The summed E-state index contributed by atoms with van der Waals surface area (Å²) in [6.45, 7) is 3.97. The first-order valence-corrected chi connectivity index (χ1v) is 5.55. The molecule has 2 rings (SSSR count). The zero-order valence-electron chi connectivity index (χ0n) is 9.92. The van der Waals surface area contributed by atoms with Crippen LogP contribution in [0.15, 0.2) is 30.5 Å². The molecule has 0 aliphatic heterocycles. The van der Waals surface area contributed by atoms with Crippen molar-refractivity contribution in [1.82, 2.24) is 15.4 Å². The van der Waals surface area contributed by atoms with Gasteiger partial charge < -0.3 is 10.5 Å². The first-order valence-electron chi connectivity index (χ1n) is 5.55. The lowest BCUT2D eigenvalue weighted by molar-refractivity contribution is 0.239. The van der Waals surface area contributed by atoms with E-state index in [-0.39, 0.29) is 12.1 Å². The van der Waals surface area contributed by atoms with Gasteiger partial charge in [0.2, 0.25) is 0 Å². The summed E-state index contributed by atoms with van der Waals surface area (Å²) < 4.78 is 5.73. The van der Waals surface area contributed by atoms with E-state index in [1.807, 2.05) is 38.1 Å². The summed E-state index contributed by atoms with van der Waals surface area (Å²) in [4.78, 5) is 0. The molecule has 0 saturated heterocycles. The van der Waals surface area contributed by atoms with Crippen molar-refractivity contribution in [2.45, 2.75) is 26.0 Å². The maximum Gasteiger partial charge on any atom is 0.124 e. The molecule has 1 aromatic heterocycles. The minimum Gasteiger partial charge on any atom is -0.491 e. The average molecular weight is 232 g/mol. The summed E-state index contributed by atoms with van der Waals surface area (Å²) in [6, 6.07) is 7.38. The fourth-order valence-corrected chi connectivity index (χ4v) is 1.62. The van der Waals surface area contributed by atoms with Crippen molar-refractivity contribution < 1.29 is 4.74 Å². The van der Waals surface area contributed by atoms with Crippen LogP contribution in [-0.4, -0.2) is 21.5 Å². The molecule has 0 saturated carbocycles. The van der Waals surface area contributed by atoms with E-state index in [2.05, 4.69) is 15.4 Å². The lowest BCUT2D eigenvalue weighted by atomic mass is 10.0. The molecular formula is C12H16N4O. The van der Waals surface area contributed by atoms with Gasteiger partial charge in [-0.25, -0.2) is 0 Å². The maximum atomic E-state index is 6.13. The van der Waals surface area contributed by atoms with Crippen molar-refractivity contribution in [3.05, 3.63) is 41.7 Å². The molecule has 90 valence electrons. The third-order valence-electron chi connectivity index (χ3n) is 2.37. The molecule has 17 heavy (non-hydrogen) atoms. The number of ether oxygens (including phenoxy) is 1. The van der Waals surface area contributed by atoms with Crippen LogP contribution < -0.4 is 10.5 Å². The Morgan fingerprint density at radius 3 is 2.71 bits per heavy atom. The molecule has 0 amide bonds. The molecule has 2 aromatic rings. The largest absolute Gasteiger partial charge is 0.491 e. The molecule has 0 aliphatic carbocycles. The van der Waals surface area contributed by atoms with Crippen LogP contribution in [0.5, 0.6) is 5.75 Å². The van der Waals surface area contributed by atoms with E-state index in [0.717, 1.165) is 11.3 Å². The van der Waals surface area contributed by atoms with E-state index < -0.39 is 0 Å². The van der Waals surface area contributed by atoms with Gasteiger partial charge in [0.05, 0.1) is 18.3 Å². The monoisotopic (exact) mass is 232 g/mol. The van der Waals surface area contributed by atoms with Crippen molar-refractivity contribution in [3.8, 4) is 5.75 Å². The minimum atomic E-state index is -0.330. The number of nitrogens with one attached hydrogen (secondary N) is 1. The number of nitrogens with two attached hydrogens (primary N) is 1. The summed E-state index contributed by atoms with van der Waals surface area (Å²) in [5.74, 6) is 0.790. The van der Waals surface area contributed by atoms with Crippen molar-refractivity contribution in [2.24, 2.45) is 5.73 Å². The Morgan fingerprint density at radius 1 is 1.29 bits per heavy atom. The summed E-state index contributed by atoms with van der Waals surface area (Å²) >= 11 is 0. The third-order valence-corrected chi connectivity index (χ3v) is 2.37. The number of para-hydroxylation sites is 1. The van der Waals surface area contributed by atoms with Crippen LogP contribution in [0.1, 0.15) is 31.1 Å². The molecule has 0 spiro atoms. The van der Waals surface area contributed by atoms with Gasteiger partial charge in [0.15, 0.2) is 0 Å². The van der Waals surface area contributed by atoms with Crippen LogP contribution in [0, 0.1) is 0 Å². The van der Waals surface area contributed by atoms with Crippen molar-refractivity contribution >= 4 is 0 Å². The number of nitrogens with zero attached hydrogens (tertiary/aromatic N) is 2. The Morgan fingerprint density at radius 2 is 2.06 bits per heavy atom. The second-order valence-electron chi connectivity index (χ2n) is 4.08. The van der Waals surface area contributed by atoms with E-state index in [4.69, 9.17) is 10.5 Å². The van der Waals surface area contributed by atoms with Crippen LogP contribution in [-0.2, 0) is 0 Å². The minimum absolute atomic E-state index is 0.112. The Hall–Kier alpha value is -1.88. The van der Waals surface area contributed by atoms with Gasteiger partial charge in [-0.05, 0) is 19.9 Å². The third kappa shape index (κ3) is 2.62. The fraction of sp³-hybridized carbons (Fsp3) is 0.333. The molecule has 3 N–H and O–H groups in total. The number of hydrogen-bond acceptors (Lipinski definition) is 4. The highest BCUT2D eigenvalue weighted by Gasteiger charge is 2.16. The van der Waals surface area contributed by atoms with Gasteiger partial charge in [-0.1, -0.05) is 18.2 Å². The van der Waals surface area contributed by atoms with Gasteiger partial charge in [-0.2, -0.15) is 15.4 Å². The summed E-state index contributed by atoms with van der Waals surface area (Å²) in [5, 5.41) is 10.3. The van der Waals surface area contributed by atoms with Crippen LogP contribution in [0.2, 0.25) is 0 Å². The van der Waals surface area contributed by atoms with Gasteiger partial charge in [0, 0.05) is 5.56 Å². The topological polar surface area (TPSA) is 76.8 Å². The molecule has 0 aliphatic rings. The molecular weight excluding hydrogens is 216 g/mol. The van der Waals surface area contributed by atoms with Crippen LogP contribution in [0.4, 0.5) is 0 Å². The number of hydrogen-bond donors (Lipinski definition) is 2. The van der Waals surface area contributed by atoms with E-state index in [9.17, 15) is 0 Å². The highest BCUT2D eigenvalue weighted by molar-refractivity contribution is 5.39. The fourth-order valence-electron chi connectivity index (χ4n) is 1.62. The smallest absolute Gasteiger partial charge is 0.124 e. The molecule has 1 atom stereocenters. The van der Waals surface area contributed by atoms with Crippen molar-refractivity contribution in [2.75, 3.05) is 0 Å². The second kappa shape index (κ2) is 4.97. The maximum absolute atomic E-state index is 6.13. The Labute approximate surface area is 100.0 Å². The molecule has 5 heteroatoms. The number of H-pyrrole nitrogens is 1. The summed E-state index contributed by atoms with van der Waals surface area (Å²) in [5.41, 5.74) is 7.75. The lowest BCUT2D eigenvalue weighted by Gasteiger charge is -2.17. The molecule has 0 bridgehead atoms. The lowest BCUT2D eigenvalue weighted by Crippen LogP contribution is -2.15. The van der Waals surface area contributed by atoms with E-state index >= 15 is 0 Å². The van der Waals surface area contributed by atoms with Crippen LogP contribution in [0.25, 0.3) is 0 Å². The van der Waals surface area contributed by atoms with Crippen LogP contribution in [0.3, 0.4) is 0 Å². The number of benzene rings is 1. The predicted molar refractivity (Wildman–Crippen MR) is 64.6 cm³/mol. The molecule has 0 fully saturated rings. The zero-order valence-corrected chi connectivity index (χ0v) is 9.92. The first-order chi connectivity index (χ1) is 8.18. The molecule has 1 aromatic carbocycles. The predicted octanol–water partition coefficient (Wildman–Crippen LogP) is 1.64. The zero-order chi connectivity index (χ0) is 12.3. The summed E-state index contributed by atoms with van der Waals surface area (Å²) in [6.07, 6.45) is 1.73. The SMILES string of the molecule is CC(C)Oc1ccccc1C(N)c1cn[nH]n1. The van der Waals surface area contributed by atoms with Crippen molar-refractivity contribution in [3.63, 3.8) is 0 Å². The molecule has 1 unspecified atom stereocenters. The number of aromatic amines is 1. The highest BCUT2D eigenvalue weighted by Crippen LogP contribution is 2.27. The molecule has 1 heterocycles. The standard InChI is InChI=1S/C12H16N4O/c1-8(2)17-11-6-4-3-5-9(11)12(13)10-7-14-16-15-10/h3-8,12H,13H2,1-2H3,(H,14,15,16). The Kier molecular flexibility index (Phi) is 3.39. The summed E-state index contributed by atoms with van der Waals surface area (Å²) in [7, 11) is 0. The first kappa shape index (κ1) is 11.6. The molecule has 0 radical (unpaired) electrons. The number of aromatic nitrogens is 3. The second-order valence-corrected chi connectivity index (χ2v) is 4.08. The van der Waals surface area contributed by atoms with Gasteiger partial charge in [0.1, 0.15) is 11.4 Å². The van der Waals surface area contributed by atoms with E-state index in [0.29, 0.717) is 5.69 Å².